The molecular formula is C14H18N6O2. The van der Waals surface area contributed by atoms with Gasteiger partial charge in [-0.2, -0.15) is 4.98 Å². The zero-order valence-electron chi connectivity index (χ0n) is 12.6. The summed E-state index contributed by atoms with van der Waals surface area (Å²) in [5, 5.41) is 7.70. The summed E-state index contributed by atoms with van der Waals surface area (Å²) in [6.07, 6.45) is 3.06. The van der Waals surface area contributed by atoms with E-state index in [1.165, 1.54) is 13.3 Å². The molecule has 8 heteroatoms. The highest BCUT2D eigenvalue weighted by Gasteiger charge is 2.15. The Morgan fingerprint density at radius 1 is 1.18 bits per heavy atom. The molecule has 116 valence electrons. The van der Waals surface area contributed by atoms with Crippen LogP contribution in [0.4, 0.5) is 11.8 Å². The number of pyridine rings is 1. The molecule has 0 bridgehead atoms. The Morgan fingerprint density at radius 2 is 1.91 bits per heavy atom. The average molecular weight is 302 g/mol. The molecule has 5 N–H and O–H groups in total. The number of hydrogen-bond donors (Lipinski definition) is 3. The third kappa shape index (κ3) is 3.22. The van der Waals surface area contributed by atoms with Gasteiger partial charge in [-0.3, -0.25) is 10.4 Å². The summed E-state index contributed by atoms with van der Waals surface area (Å²) in [5.74, 6) is 1.14. The second-order valence-electron chi connectivity index (χ2n) is 4.88. The molecule has 0 aromatic carbocycles. The van der Waals surface area contributed by atoms with Crippen LogP contribution in [0.2, 0.25) is 0 Å². The van der Waals surface area contributed by atoms with Crippen molar-refractivity contribution in [1.29, 1.82) is 5.41 Å². The van der Waals surface area contributed by atoms with Gasteiger partial charge < -0.3 is 20.9 Å². The maximum atomic E-state index is 7.70. The van der Waals surface area contributed by atoms with E-state index < -0.39 is 0 Å². The SMILES string of the molecule is COC(=N)c1cc(Oc2cnc(N)nc2N)c(C(C)C)cn1. The fraction of sp³-hybridized carbons (Fsp3) is 0.286. The van der Waals surface area contributed by atoms with Gasteiger partial charge in [0.05, 0.1) is 13.3 Å². The minimum absolute atomic E-state index is 0.0540. The average Bonchev–Trinajstić information content (AvgIpc) is 2.49. The lowest BCUT2D eigenvalue weighted by atomic mass is 10.0. The monoisotopic (exact) mass is 302 g/mol. The van der Waals surface area contributed by atoms with Crippen molar-refractivity contribution in [3.63, 3.8) is 0 Å². The van der Waals surface area contributed by atoms with E-state index in [-0.39, 0.29) is 29.3 Å². The van der Waals surface area contributed by atoms with E-state index in [4.69, 9.17) is 26.4 Å². The Balaban J connectivity index is 2.44. The normalized spacial score (nSPS) is 10.5. The van der Waals surface area contributed by atoms with Crippen LogP contribution in [-0.2, 0) is 4.74 Å². The van der Waals surface area contributed by atoms with Gasteiger partial charge in [-0.15, -0.1) is 0 Å². The summed E-state index contributed by atoms with van der Waals surface area (Å²) in [5.41, 5.74) is 12.5. The number of hydrogen-bond acceptors (Lipinski definition) is 8. The maximum Gasteiger partial charge on any atom is 0.232 e. The molecule has 2 aromatic rings. The molecule has 0 spiro atoms. The van der Waals surface area contributed by atoms with Crippen molar-refractivity contribution in [3.05, 3.63) is 29.7 Å². The molecule has 0 saturated heterocycles. The van der Waals surface area contributed by atoms with E-state index in [1.54, 1.807) is 12.3 Å². The molecule has 0 atom stereocenters. The predicted molar refractivity (Wildman–Crippen MR) is 83.1 cm³/mol. The van der Waals surface area contributed by atoms with E-state index in [2.05, 4.69) is 15.0 Å². The highest BCUT2D eigenvalue weighted by atomic mass is 16.5. The van der Waals surface area contributed by atoms with Crippen molar-refractivity contribution in [2.24, 2.45) is 0 Å². The second-order valence-corrected chi connectivity index (χ2v) is 4.88. The van der Waals surface area contributed by atoms with Crippen molar-refractivity contribution < 1.29 is 9.47 Å². The van der Waals surface area contributed by atoms with Crippen molar-refractivity contribution in [2.45, 2.75) is 19.8 Å². The smallest absolute Gasteiger partial charge is 0.232 e. The Bertz CT molecular complexity index is 702. The molecule has 0 radical (unpaired) electrons. The second kappa shape index (κ2) is 6.25. The third-order valence-electron chi connectivity index (χ3n) is 2.98. The molecule has 2 rings (SSSR count). The van der Waals surface area contributed by atoms with Crippen LogP contribution >= 0.6 is 0 Å². The number of nitrogens with one attached hydrogen (secondary N) is 1. The van der Waals surface area contributed by atoms with Gasteiger partial charge in [-0.25, -0.2) is 4.98 Å². The molecule has 8 nitrogen and oxygen atoms in total. The molecule has 22 heavy (non-hydrogen) atoms. The van der Waals surface area contributed by atoms with Gasteiger partial charge in [0.25, 0.3) is 0 Å². The molecule has 0 amide bonds. The molecule has 0 saturated carbocycles. The highest BCUT2D eigenvalue weighted by molar-refractivity contribution is 5.89. The van der Waals surface area contributed by atoms with Crippen LogP contribution in [0.15, 0.2) is 18.5 Å². The zero-order valence-corrected chi connectivity index (χ0v) is 12.6. The molecule has 0 aliphatic carbocycles. The zero-order chi connectivity index (χ0) is 16.3. The van der Waals surface area contributed by atoms with Gasteiger partial charge >= 0.3 is 0 Å². The maximum absolute atomic E-state index is 7.70. The van der Waals surface area contributed by atoms with Crippen LogP contribution < -0.4 is 16.2 Å². The number of methoxy groups -OCH3 is 1. The Hall–Kier alpha value is -2.90. The minimum atomic E-state index is -0.0540. The summed E-state index contributed by atoms with van der Waals surface area (Å²) in [6.45, 7) is 4.02. The number of nitrogens with zero attached hydrogens (tertiary/aromatic N) is 3. The van der Waals surface area contributed by atoms with Crippen LogP contribution in [0.5, 0.6) is 11.5 Å². The van der Waals surface area contributed by atoms with Gasteiger partial charge in [-0.05, 0) is 5.92 Å². The van der Waals surface area contributed by atoms with E-state index in [1.807, 2.05) is 13.8 Å². The van der Waals surface area contributed by atoms with Gasteiger partial charge in [0.1, 0.15) is 11.4 Å². The summed E-state index contributed by atoms with van der Waals surface area (Å²) in [7, 11) is 1.41. The summed E-state index contributed by atoms with van der Waals surface area (Å²) >= 11 is 0. The fourth-order valence-electron chi connectivity index (χ4n) is 1.79. The third-order valence-corrected chi connectivity index (χ3v) is 2.98. The first-order chi connectivity index (χ1) is 10.4. The Kier molecular flexibility index (Phi) is 4.40. The standard InChI is InChI=1S/C14H18N6O2/c1-7(2)8-5-18-9(13(16)21-3)4-10(8)22-11-6-19-14(17)20-12(11)15/h4-7,16H,1-3H3,(H4,15,17,19,20). The van der Waals surface area contributed by atoms with E-state index in [0.29, 0.717) is 11.4 Å². The lowest BCUT2D eigenvalue weighted by Gasteiger charge is -2.15. The van der Waals surface area contributed by atoms with Crippen LogP contribution in [0, 0.1) is 5.41 Å². The molecule has 2 heterocycles. The summed E-state index contributed by atoms with van der Waals surface area (Å²) in [6, 6.07) is 1.62. The lowest BCUT2D eigenvalue weighted by Crippen LogP contribution is -2.07. The first-order valence-corrected chi connectivity index (χ1v) is 6.61. The van der Waals surface area contributed by atoms with Gasteiger partial charge in [-0.1, -0.05) is 13.8 Å². The first kappa shape index (κ1) is 15.5. The highest BCUT2D eigenvalue weighted by Crippen LogP contribution is 2.32. The number of nitrogens with two attached hydrogens (primary N) is 2. The van der Waals surface area contributed by atoms with Crippen LogP contribution in [0.25, 0.3) is 0 Å². The van der Waals surface area contributed by atoms with E-state index in [9.17, 15) is 0 Å². The van der Waals surface area contributed by atoms with Gasteiger partial charge in [0.15, 0.2) is 11.6 Å². The van der Waals surface area contributed by atoms with Gasteiger partial charge in [0, 0.05) is 17.8 Å². The van der Waals surface area contributed by atoms with Crippen LogP contribution in [0.3, 0.4) is 0 Å². The van der Waals surface area contributed by atoms with Crippen molar-refractivity contribution >= 4 is 17.7 Å². The van der Waals surface area contributed by atoms with Crippen molar-refractivity contribution in [2.75, 3.05) is 18.6 Å². The molecular weight excluding hydrogens is 284 g/mol. The largest absolute Gasteiger partial charge is 0.480 e. The summed E-state index contributed by atoms with van der Waals surface area (Å²) < 4.78 is 10.7. The topological polar surface area (TPSA) is 133 Å². The van der Waals surface area contributed by atoms with E-state index >= 15 is 0 Å². The molecule has 0 unspecified atom stereocenters. The minimum Gasteiger partial charge on any atom is -0.480 e. The number of ether oxygens (including phenoxy) is 2. The van der Waals surface area contributed by atoms with Crippen molar-refractivity contribution in [3.8, 4) is 11.5 Å². The molecule has 0 aliphatic rings. The Morgan fingerprint density at radius 3 is 2.50 bits per heavy atom. The quantitative estimate of drug-likeness (QED) is 0.580. The fourth-order valence-corrected chi connectivity index (χ4v) is 1.79. The molecule has 2 aromatic heterocycles. The number of anilines is 2. The Labute approximate surface area is 128 Å². The van der Waals surface area contributed by atoms with Crippen LogP contribution in [0.1, 0.15) is 31.0 Å². The molecule has 0 aliphatic heterocycles. The van der Waals surface area contributed by atoms with Gasteiger partial charge in [0.2, 0.25) is 11.8 Å². The number of rotatable bonds is 4. The van der Waals surface area contributed by atoms with E-state index in [0.717, 1.165) is 5.56 Å². The lowest BCUT2D eigenvalue weighted by molar-refractivity contribution is 0.398. The number of aromatic nitrogens is 3. The first-order valence-electron chi connectivity index (χ1n) is 6.61. The number of nitrogen functional groups attached to an aromatic ring is 2. The van der Waals surface area contributed by atoms with Crippen molar-refractivity contribution in [1.82, 2.24) is 15.0 Å². The predicted octanol–water partition coefficient (Wildman–Crippen LogP) is 1.92. The summed E-state index contributed by atoms with van der Waals surface area (Å²) in [4.78, 5) is 11.9. The van der Waals surface area contributed by atoms with Crippen LogP contribution in [-0.4, -0.2) is 28.0 Å². The molecule has 0 fully saturated rings.